The van der Waals surface area contributed by atoms with E-state index < -0.39 is 9.84 Å². The van der Waals surface area contributed by atoms with Crippen LogP contribution in [0.4, 0.5) is 0 Å². The van der Waals surface area contributed by atoms with Crippen LogP contribution in [-0.4, -0.2) is 34.8 Å². The first-order chi connectivity index (χ1) is 15.5. The molecule has 0 amide bonds. The molecule has 2 fully saturated rings. The monoisotopic (exact) mass is 451 g/mol. The van der Waals surface area contributed by atoms with Gasteiger partial charge in [-0.05, 0) is 68.9 Å². The molecule has 168 valence electrons. The maximum absolute atomic E-state index is 13.5. The summed E-state index contributed by atoms with van der Waals surface area (Å²) in [5, 5.41) is 17.7. The predicted molar refractivity (Wildman–Crippen MR) is 122 cm³/mol. The van der Waals surface area contributed by atoms with Crippen molar-refractivity contribution in [3.05, 3.63) is 59.9 Å². The highest BCUT2D eigenvalue weighted by atomic mass is 32.2. The van der Waals surface area contributed by atoms with E-state index in [1.165, 1.54) is 25.7 Å². The van der Waals surface area contributed by atoms with Crippen molar-refractivity contribution >= 4 is 9.84 Å². The van der Waals surface area contributed by atoms with Crippen LogP contribution < -0.4 is 0 Å². The zero-order valence-corrected chi connectivity index (χ0v) is 18.9. The lowest BCUT2D eigenvalue weighted by molar-refractivity contribution is 0.121. The van der Waals surface area contributed by atoms with E-state index in [9.17, 15) is 13.5 Å². The van der Waals surface area contributed by atoms with Crippen molar-refractivity contribution in [2.75, 3.05) is 0 Å². The van der Waals surface area contributed by atoms with Gasteiger partial charge in [-0.1, -0.05) is 31.0 Å². The zero-order valence-electron chi connectivity index (χ0n) is 18.1. The summed E-state index contributed by atoms with van der Waals surface area (Å²) in [4.78, 5) is 5.42. The van der Waals surface area contributed by atoms with Crippen LogP contribution in [0, 0.1) is 0 Å². The molecular weight excluding hydrogens is 422 g/mol. The summed E-state index contributed by atoms with van der Waals surface area (Å²) < 4.78 is 27.0. The third kappa shape index (κ3) is 4.11. The Bertz CT molecular complexity index is 1180. The molecule has 32 heavy (non-hydrogen) atoms. The second kappa shape index (κ2) is 8.79. The van der Waals surface area contributed by atoms with Gasteiger partial charge in [0.1, 0.15) is 5.69 Å². The maximum atomic E-state index is 13.5. The number of nitrogens with zero attached hydrogens (tertiary/aromatic N) is 2. The number of aliphatic hydroxyl groups excluding tert-OH is 1. The van der Waals surface area contributed by atoms with Gasteiger partial charge in [0.15, 0.2) is 0 Å². The number of sulfone groups is 1. The predicted octanol–water partition coefficient (Wildman–Crippen LogP) is 4.98. The molecule has 0 saturated heterocycles. The van der Waals surface area contributed by atoms with Crippen LogP contribution in [0.2, 0.25) is 0 Å². The van der Waals surface area contributed by atoms with Crippen molar-refractivity contribution in [3.63, 3.8) is 0 Å². The van der Waals surface area contributed by atoms with E-state index >= 15 is 0 Å². The summed E-state index contributed by atoms with van der Waals surface area (Å²) in [7, 11) is -3.69. The van der Waals surface area contributed by atoms with Gasteiger partial charge >= 0.3 is 0 Å². The highest BCUT2D eigenvalue weighted by Gasteiger charge is 2.30. The second-order valence-corrected chi connectivity index (χ2v) is 11.0. The number of aromatic amines is 1. The van der Waals surface area contributed by atoms with Crippen LogP contribution in [-0.2, 0) is 9.84 Å². The smallest absolute Gasteiger partial charge is 0.208 e. The molecule has 1 aromatic carbocycles. The molecule has 3 aromatic rings. The number of H-pyrrole nitrogens is 1. The Balaban J connectivity index is 1.56. The van der Waals surface area contributed by atoms with Crippen molar-refractivity contribution in [2.24, 2.45) is 0 Å². The largest absolute Gasteiger partial charge is 0.393 e. The van der Waals surface area contributed by atoms with E-state index in [1.54, 1.807) is 36.4 Å². The number of hydrogen-bond donors (Lipinski definition) is 2. The number of aromatic nitrogens is 3. The van der Waals surface area contributed by atoms with E-state index in [0.717, 1.165) is 24.2 Å². The molecule has 0 atom stereocenters. The van der Waals surface area contributed by atoms with Gasteiger partial charge in [0, 0.05) is 17.5 Å². The van der Waals surface area contributed by atoms with E-state index in [-0.39, 0.29) is 21.8 Å². The first-order valence-corrected chi connectivity index (χ1v) is 13.1. The van der Waals surface area contributed by atoms with Crippen LogP contribution >= 0.6 is 0 Å². The van der Waals surface area contributed by atoms with Gasteiger partial charge in [-0.25, -0.2) is 13.4 Å². The van der Waals surface area contributed by atoms with E-state index in [2.05, 4.69) is 16.3 Å². The van der Waals surface area contributed by atoms with E-state index in [1.807, 2.05) is 6.07 Å². The number of nitrogens with one attached hydrogen (secondary N) is 1. The van der Waals surface area contributed by atoms with Gasteiger partial charge < -0.3 is 5.11 Å². The molecule has 0 unspecified atom stereocenters. The molecule has 2 aromatic heterocycles. The fourth-order valence-corrected chi connectivity index (χ4v) is 6.62. The molecule has 2 saturated carbocycles. The molecule has 2 heterocycles. The molecule has 6 nitrogen and oxygen atoms in total. The van der Waals surface area contributed by atoms with E-state index in [0.29, 0.717) is 30.1 Å². The minimum absolute atomic E-state index is 0.0000755. The molecule has 7 heteroatoms. The Morgan fingerprint density at radius 2 is 1.56 bits per heavy atom. The maximum Gasteiger partial charge on any atom is 0.208 e. The van der Waals surface area contributed by atoms with Crippen molar-refractivity contribution < 1.29 is 13.5 Å². The Hall–Kier alpha value is -2.51. The molecule has 0 aliphatic heterocycles. The lowest BCUT2D eigenvalue weighted by atomic mass is 9.85. The number of rotatable bonds is 5. The van der Waals surface area contributed by atoms with Crippen LogP contribution in [0.1, 0.15) is 74.6 Å². The van der Waals surface area contributed by atoms with Gasteiger partial charge in [0.2, 0.25) is 9.84 Å². The average Bonchev–Trinajstić information content (AvgIpc) is 3.52. The van der Waals surface area contributed by atoms with Crippen LogP contribution in [0.3, 0.4) is 0 Å². The number of pyridine rings is 1. The second-order valence-electron chi connectivity index (χ2n) is 9.09. The molecule has 5 rings (SSSR count). The summed E-state index contributed by atoms with van der Waals surface area (Å²) >= 11 is 0. The molecule has 0 spiro atoms. The summed E-state index contributed by atoms with van der Waals surface area (Å²) in [6, 6.07) is 14.1. The molecule has 2 N–H and O–H groups in total. The van der Waals surface area contributed by atoms with Gasteiger partial charge in [0.25, 0.3) is 0 Å². The summed E-state index contributed by atoms with van der Waals surface area (Å²) in [6.07, 6.45) is 7.32. The minimum Gasteiger partial charge on any atom is -0.393 e. The normalized spacial score (nSPS) is 22.3. The standard InChI is InChI=1S/C25H29N3O3S/c29-19-12-10-18(11-13-19)25-24(32(30,31)20-8-2-1-3-9-20)15-14-21(26-25)23-16-22(27-28-23)17-6-4-5-7-17/h1-3,8-9,14-19,29H,4-7,10-13H2,(H,27,28). The van der Waals surface area contributed by atoms with Crippen LogP contribution in [0.15, 0.2) is 58.3 Å². The summed E-state index contributed by atoms with van der Waals surface area (Å²) in [5.41, 5.74) is 3.19. The third-order valence-electron chi connectivity index (χ3n) is 6.97. The van der Waals surface area contributed by atoms with Crippen molar-refractivity contribution in [1.82, 2.24) is 15.2 Å². The minimum atomic E-state index is -3.69. The number of hydrogen-bond acceptors (Lipinski definition) is 5. The van der Waals surface area contributed by atoms with Gasteiger partial charge in [-0.2, -0.15) is 5.10 Å². The molecule has 2 aliphatic rings. The SMILES string of the molecule is O=S(=O)(c1ccccc1)c1ccc(-c2cc(C3CCCC3)[nH]n2)nc1C1CCC(O)CC1. The first kappa shape index (κ1) is 21.3. The topological polar surface area (TPSA) is 95.9 Å². The molecule has 0 radical (unpaired) electrons. The number of aliphatic hydroxyl groups is 1. The van der Waals surface area contributed by atoms with Crippen molar-refractivity contribution in [1.29, 1.82) is 0 Å². The Morgan fingerprint density at radius 1 is 0.844 bits per heavy atom. The summed E-state index contributed by atoms with van der Waals surface area (Å²) in [5.74, 6) is 0.522. The highest BCUT2D eigenvalue weighted by Crippen LogP contribution is 2.38. The highest BCUT2D eigenvalue weighted by molar-refractivity contribution is 7.91. The van der Waals surface area contributed by atoms with Gasteiger partial charge in [-0.3, -0.25) is 5.10 Å². The Labute approximate surface area is 189 Å². The molecular formula is C25H29N3O3S. The van der Waals surface area contributed by atoms with Crippen LogP contribution in [0.5, 0.6) is 0 Å². The Kier molecular flexibility index (Phi) is 5.86. The van der Waals surface area contributed by atoms with Crippen molar-refractivity contribution in [2.45, 2.75) is 79.1 Å². The molecule has 0 bridgehead atoms. The summed E-state index contributed by atoms with van der Waals surface area (Å²) in [6.45, 7) is 0. The quantitative estimate of drug-likeness (QED) is 0.570. The molecule has 2 aliphatic carbocycles. The zero-order chi connectivity index (χ0) is 22.1. The van der Waals surface area contributed by atoms with Gasteiger partial charge in [-0.15, -0.1) is 0 Å². The van der Waals surface area contributed by atoms with Crippen molar-refractivity contribution in [3.8, 4) is 11.4 Å². The van der Waals surface area contributed by atoms with Crippen LogP contribution in [0.25, 0.3) is 11.4 Å². The van der Waals surface area contributed by atoms with Gasteiger partial charge in [0.05, 0.1) is 27.3 Å². The lowest BCUT2D eigenvalue weighted by Gasteiger charge is -2.26. The Morgan fingerprint density at radius 3 is 2.28 bits per heavy atom. The first-order valence-electron chi connectivity index (χ1n) is 11.6. The lowest BCUT2D eigenvalue weighted by Crippen LogP contribution is -2.20. The fourth-order valence-electron chi connectivity index (χ4n) is 5.11. The number of benzene rings is 1. The average molecular weight is 452 g/mol. The van der Waals surface area contributed by atoms with E-state index in [4.69, 9.17) is 4.98 Å². The fraction of sp³-hybridized carbons (Fsp3) is 0.440. The third-order valence-corrected chi connectivity index (χ3v) is 8.78.